The summed E-state index contributed by atoms with van der Waals surface area (Å²) in [6.45, 7) is 4.30. The van der Waals surface area contributed by atoms with Crippen molar-refractivity contribution in [3.63, 3.8) is 0 Å². The van der Waals surface area contributed by atoms with Gasteiger partial charge in [0.1, 0.15) is 0 Å². The first-order valence-electron chi connectivity index (χ1n) is 7.28. The molecular weight excluding hydrogens is 264 g/mol. The minimum absolute atomic E-state index is 0.0442. The van der Waals surface area contributed by atoms with E-state index in [-0.39, 0.29) is 11.9 Å². The van der Waals surface area contributed by atoms with Crippen LogP contribution < -0.4 is 10.6 Å². The van der Waals surface area contributed by atoms with Gasteiger partial charge >= 0.3 is 0 Å². The van der Waals surface area contributed by atoms with E-state index in [0.717, 1.165) is 18.7 Å². The number of carbonyl (C=O) groups is 1. The second kappa shape index (κ2) is 8.21. The second-order valence-corrected chi connectivity index (χ2v) is 4.97. The van der Waals surface area contributed by atoms with Crippen LogP contribution in [0.3, 0.4) is 0 Å². The third-order valence-corrected chi connectivity index (χ3v) is 3.28. The molecule has 0 aliphatic heterocycles. The summed E-state index contributed by atoms with van der Waals surface area (Å²) in [5.74, 6) is 0.0675. The van der Waals surface area contributed by atoms with Crippen LogP contribution in [0.2, 0.25) is 0 Å². The third-order valence-electron chi connectivity index (χ3n) is 3.28. The van der Waals surface area contributed by atoms with Crippen molar-refractivity contribution in [3.05, 3.63) is 54.4 Å². The zero-order valence-electron chi connectivity index (χ0n) is 12.3. The van der Waals surface area contributed by atoms with E-state index in [9.17, 15) is 4.79 Å². The maximum absolute atomic E-state index is 11.8. The van der Waals surface area contributed by atoms with E-state index >= 15 is 0 Å². The molecule has 2 aromatic rings. The number of nitrogens with zero attached hydrogens (tertiary/aromatic N) is 2. The highest BCUT2D eigenvalue weighted by Gasteiger charge is 2.08. The molecule has 0 aliphatic rings. The number of carbonyl (C=O) groups excluding carboxylic acids is 1. The fraction of sp³-hybridized carbons (Fsp3) is 0.375. The SMILES string of the molecule is C[C@H](NC(=O)CCNCCn1cccn1)c1ccccc1. The van der Waals surface area contributed by atoms with Crippen molar-refractivity contribution in [2.45, 2.75) is 25.9 Å². The van der Waals surface area contributed by atoms with Crippen LogP contribution in [-0.4, -0.2) is 28.8 Å². The predicted molar refractivity (Wildman–Crippen MR) is 82.7 cm³/mol. The summed E-state index contributed by atoms with van der Waals surface area (Å²) in [5.41, 5.74) is 1.12. The molecule has 2 N–H and O–H groups in total. The van der Waals surface area contributed by atoms with Crippen molar-refractivity contribution in [2.24, 2.45) is 0 Å². The molecule has 1 heterocycles. The van der Waals surface area contributed by atoms with Crippen LogP contribution in [0.15, 0.2) is 48.8 Å². The molecule has 0 bridgehead atoms. The number of hydrogen-bond acceptors (Lipinski definition) is 3. The normalized spacial score (nSPS) is 12.0. The molecule has 5 nitrogen and oxygen atoms in total. The quantitative estimate of drug-likeness (QED) is 0.727. The number of hydrogen-bond donors (Lipinski definition) is 2. The summed E-state index contributed by atoms with van der Waals surface area (Å²) >= 11 is 0. The fourth-order valence-electron chi connectivity index (χ4n) is 2.09. The van der Waals surface area contributed by atoms with Crippen LogP contribution >= 0.6 is 0 Å². The number of benzene rings is 1. The highest BCUT2D eigenvalue weighted by atomic mass is 16.1. The van der Waals surface area contributed by atoms with Gasteiger partial charge in [-0.1, -0.05) is 30.3 Å². The summed E-state index contributed by atoms with van der Waals surface area (Å²) in [6.07, 6.45) is 4.17. The molecule has 0 fully saturated rings. The van der Waals surface area contributed by atoms with Crippen LogP contribution in [-0.2, 0) is 11.3 Å². The van der Waals surface area contributed by atoms with E-state index in [1.807, 2.05) is 54.2 Å². The van der Waals surface area contributed by atoms with Crippen molar-refractivity contribution in [2.75, 3.05) is 13.1 Å². The van der Waals surface area contributed by atoms with Crippen LogP contribution in [0, 0.1) is 0 Å². The monoisotopic (exact) mass is 286 g/mol. The average Bonchev–Trinajstić information content (AvgIpc) is 3.01. The molecule has 0 spiro atoms. The predicted octanol–water partition coefficient (Wildman–Crippen LogP) is 1.74. The summed E-state index contributed by atoms with van der Waals surface area (Å²) in [5, 5.41) is 10.4. The van der Waals surface area contributed by atoms with E-state index in [1.165, 1.54) is 0 Å². The third kappa shape index (κ3) is 5.39. The molecule has 21 heavy (non-hydrogen) atoms. The Morgan fingerprint density at radius 2 is 2.05 bits per heavy atom. The Morgan fingerprint density at radius 3 is 2.76 bits per heavy atom. The molecule has 1 aromatic heterocycles. The lowest BCUT2D eigenvalue weighted by Crippen LogP contribution is -2.30. The Morgan fingerprint density at radius 1 is 1.24 bits per heavy atom. The number of aromatic nitrogens is 2. The summed E-state index contributed by atoms with van der Waals surface area (Å²) < 4.78 is 1.87. The number of rotatable bonds is 8. The fourth-order valence-corrected chi connectivity index (χ4v) is 2.09. The summed E-state index contributed by atoms with van der Waals surface area (Å²) in [6, 6.07) is 11.9. The first-order valence-corrected chi connectivity index (χ1v) is 7.28. The Labute approximate surface area is 125 Å². The van der Waals surface area contributed by atoms with Gasteiger partial charge in [0.25, 0.3) is 0 Å². The van der Waals surface area contributed by atoms with Crippen molar-refractivity contribution < 1.29 is 4.79 Å². The van der Waals surface area contributed by atoms with Gasteiger partial charge in [0.2, 0.25) is 5.91 Å². The molecule has 0 radical (unpaired) electrons. The van der Waals surface area contributed by atoms with Gasteiger partial charge in [-0.3, -0.25) is 9.48 Å². The Kier molecular flexibility index (Phi) is 5.97. The van der Waals surface area contributed by atoms with Crippen molar-refractivity contribution in [1.29, 1.82) is 0 Å². The summed E-state index contributed by atoms with van der Waals surface area (Å²) in [7, 11) is 0. The zero-order chi connectivity index (χ0) is 14.9. The minimum Gasteiger partial charge on any atom is -0.350 e. The van der Waals surface area contributed by atoms with Gasteiger partial charge in [-0.2, -0.15) is 5.10 Å². The van der Waals surface area contributed by atoms with Crippen LogP contribution in [0.4, 0.5) is 0 Å². The molecule has 0 saturated heterocycles. The molecule has 0 aliphatic carbocycles. The number of nitrogens with one attached hydrogen (secondary N) is 2. The van der Waals surface area contributed by atoms with Gasteiger partial charge < -0.3 is 10.6 Å². The molecule has 1 amide bonds. The molecule has 1 aromatic carbocycles. The van der Waals surface area contributed by atoms with Gasteiger partial charge in [-0.05, 0) is 18.6 Å². The van der Waals surface area contributed by atoms with E-state index in [0.29, 0.717) is 13.0 Å². The highest BCUT2D eigenvalue weighted by molar-refractivity contribution is 5.76. The number of amides is 1. The molecule has 112 valence electrons. The van der Waals surface area contributed by atoms with E-state index < -0.39 is 0 Å². The van der Waals surface area contributed by atoms with Crippen LogP contribution in [0.25, 0.3) is 0 Å². The lowest BCUT2D eigenvalue weighted by molar-refractivity contribution is -0.121. The average molecular weight is 286 g/mol. The van der Waals surface area contributed by atoms with Crippen molar-refractivity contribution in [3.8, 4) is 0 Å². The zero-order valence-corrected chi connectivity index (χ0v) is 12.3. The second-order valence-electron chi connectivity index (χ2n) is 4.97. The molecule has 0 saturated carbocycles. The summed E-state index contributed by atoms with van der Waals surface area (Å²) in [4.78, 5) is 11.8. The maximum Gasteiger partial charge on any atom is 0.221 e. The molecular formula is C16H22N4O. The van der Waals surface area contributed by atoms with Gasteiger partial charge in [-0.25, -0.2) is 0 Å². The van der Waals surface area contributed by atoms with Gasteiger partial charge in [0.05, 0.1) is 12.6 Å². The minimum atomic E-state index is 0.0442. The first kappa shape index (κ1) is 15.3. The largest absolute Gasteiger partial charge is 0.350 e. The first-order chi connectivity index (χ1) is 10.3. The van der Waals surface area contributed by atoms with Crippen molar-refractivity contribution >= 4 is 5.91 Å². The topological polar surface area (TPSA) is 59.0 Å². The lowest BCUT2D eigenvalue weighted by Gasteiger charge is -2.14. The standard InChI is InChI=1S/C16H22N4O/c1-14(15-6-3-2-4-7-15)19-16(21)8-10-17-11-13-20-12-5-9-18-20/h2-7,9,12,14,17H,8,10-11,13H2,1H3,(H,19,21)/t14-/m0/s1. The maximum atomic E-state index is 11.8. The highest BCUT2D eigenvalue weighted by Crippen LogP contribution is 2.10. The smallest absolute Gasteiger partial charge is 0.221 e. The van der Waals surface area contributed by atoms with Gasteiger partial charge in [0.15, 0.2) is 0 Å². The molecule has 5 heteroatoms. The Hall–Kier alpha value is -2.14. The molecule has 1 atom stereocenters. The van der Waals surface area contributed by atoms with E-state index in [4.69, 9.17) is 0 Å². The van der Waals surface area contributed by atoms with Gasteiger partial charge in [0, 0.05) is 31.9 Å². The lowest BCUT2D eigenvalue weighted by atomic mass is 10.1. The van der Waals surface area contributed by atoms with Crippen LogP contribution in [0.5, 0.6) is 0 Å². The van der Waals surface area contributed by atoms with Crippen LogP contribution in [0.1, 0.15) is 24.9 Å². The Balaban J connectivity index is 1.59. The van der Waals surface area contributed by atoms with Crippen molar-refractivity contribution in [1.82, 2.24) is 20.4 Å². The van der Waals surface area contributed by atoms with E-state index in [2.05, 4.69) is 15.7 Å². The molecule has 2 rings (SSSR count). The van der Waals surface area contributed by atoms with Gasteiger partial charge in [-0.15, -0.1) is 0 Å². The van der Waals surface area contributed by atoms with E-state index in [1.54, 1.807) is 6.20 Å². The molecule has 0 unspecified atom stereocenters. The Bertz CT molecular complexity index is 524.